The van der Waals surface area contributed by atoms with Crippen molar-refractivity contribution in [2.45, 2.75) is 27.7 Å². The number of carbonyl (C=O) groups is 2. The third kappa shape index (κ3) is 3.63. The van der Waals surface area contributed by atoms with Crippen LogP contribution in [0.5, 0.6) is 0 Å². The first-order chi connectivity index (χ1) is 14.3. The van der Waals surface area contributed by atoms with Crippen LogP contribution >= 0.6 is 0 Å². The highest BCUT2D eigenvalue weighted by Crippen LogP contribution is 2.59. The molecule has 0 aliphatic heterocycles. The van der Waals surface area contributed by atoms with Gasteiger partial charge in [-0.15, -0.1) is 0 Å². The zero-order valence-electron chi connectivity index (χ0n) is 17.7. The van der Waals surface area contributed by atoms with Gasteiger partial charge < -0.3 is 15.1 Å². The van der Waals surface area contributed by atoms with Crippen molar-refractivity contribution in [2.75, 3.05) is 10.6 Å². The summed E-state index contributed by atoms with van der Waals surface area (Å²) in [5.41, 5.74) is 2.71. The van der Waals surface area contributed by atoms with Gasteiger partial charge in [-0.3, -0.25) is 9.59 Å². The third-order valence-corrected chi connectivity index (χ3v) is 5.79. The maximum absolute atomic E-state index is 13.1. The van der Waals surface area contributed by atoms with E-state index in [1.54, 1.807) is 18.2 Å². The van der Waals surface area contributed by atoms with Gasteiger partial charge >= 0.3 is 0 Å². The van der Waals surface area contributed by atoms with Crippen molar-refractivity contribution >= 4 is 34.2 Å². The smallest absolute Gasteiger partial charge is 0.293 e. The topological polar surface area (TPSA) is 71.3 Å². The van der Waals surface area contributed by atoms with Gasteiger partial charge in [0.2, 0.25) is 11.7 Å². The molecule has 0 saturated heterocycles. The zero-order valence-corrected chi connectivity index (χ0v) is 17.7. The monoisotopic (exact) mass is 402 g/mol. The van der Waals surface area contributed by atoms with Crippen LogP contribution in [0, 0.1) is 17.3 Å². The molecule has 2 aromatic carbocycles. The fourth-order valence-electron chi connectivity index (χ4n) is 4.09. The molecule has 1 saturated carbocycles. The molecule has 1 aliphatic rings. The molecule has 1 aliphatic carbocycles. The van der Waals surface area contributed by atoms with Crippen molar-refractivity contribution in [3.8, 4) is 0 Å². The molecule has 2 N–H and O–H groups in total. The second kappa shape index (κ2) is 7.48. The predicted octanol–water partition coefficient (Wildman–Crippen LogP) is 5.86. The standard InChI is InChI=1S/C25H26N2O3/c1-15(2)14-18-20(25(18,3)4)23(28)27-21-17-12-8-9-13-19(17)30-22(21)24(29)26-16-10-6-5-7-11-16/h5-14,18,20H,1-4H3,(H,26,29)(H,27,28). The molecule has 30 heavy (non-hydrogen) atoms. The molecule has 2 atom stereocenters. The van der Waals surface area contributed by atoms with Gasteiger partial charge in [-0.05, 0) is 49.4 Å². The summed E-state index contributed by atoms with van der Waals surface area (Å²) >= 11 is 0. The molecule has 1 fully saturated rings. The molecule has 0 spiro atoms. The first-order valence-electron chi connectivity index (χ1n) is 10.1. The number of carbonyl (C=O) groups excluding carboxylic acids is 2. The van der Waals surface area contributed by atoms with Crippen molar-refractivity contribution in [1.82, 2.24) is 0 Å². The van der Waals surface area contributed by atoms with Gasteiger partial charge in [0.1, 0.15) is 11.3 Å². The van der Waals surface area contributed by atoms with Crippen molar-refractivity contribution in [3.63, 3.8) is 0 Å². The first kappa shape index (κ1) is 20.0. The molecule has 0 radical (unpaired) electrons. The zero-order chi connectivity index (χ0) is 21.5. The summed E-state index contributed by atoms with van der Waals surface area (Å²) in [6.07, 6.45) is 2.15. The van der Waals surface area contributed by atoms with Crippen LogP contribution in [0.4, 0.5) is 11.4 Å². The minimum atomic E-state index is -0.399. The largest absolute Gasteiger partial charge is 0.449 e. The van der Waals surface area contributed by atoms with Gasteiger partial charge in [-0.1, -0.05) is 55.8 Å². The Morgan fingerprint density at radius 3 is 2.33 bits per heavy atom. The highest BCUT2D eigenvalue weighted by atomic mass is 16.3. The summed E-state index contributed by atoms with van der Waals surface area (Å²) in [7, 11) is 0. The molecule has 1 aromatic heterocycles. The van der Waals surface area contributed by atoms with E-state index in [9.17, 15) is 9.59 Å². The van der Waals surface area contributed by atoms with Crippen LogP contribution in [0.25, 0.3) is 11.0 Å². The summed E-state index contributed by atoms with van der Waals surface area (Å²) in [4.78, 5) is 26.1. The Morgan fingerprint density at radius 2 is 1.63 bits per heavy atom. The molecule has 1 heterocycles. The number of furan rings is 1. The van der Waals surface area contributed by atoms with Crippen molar-refractivity contribution < 1.29 is 14.0 Å². The van der Waals surface area contributed by atoms with E-state index in [1.807, 2.05) is 50.2 Å². The van der Waals surface area contributed by atoms with Gasteiger partial charge in [0.15, 0.2) is 0 Å². The minimum absolute atomic E-state index is 0.0946. The van der Waals surface area contributed by atoms with Crippen LogP contribution in [-0.2, 0) is 4.79 Å². The van der Waals surface area contributed by atoms with E-state index in [-0.39, 0.29) is 28.9 Å². The maximum Gasteiger partial charge on any atom is 0.293 e. The van der Waals surface area contributed by atoms with Crippen LogP contribution in [-0.4, -0.2) is 11.8 Å². The van der Waals surface area contributed by atoms with Crippen LogP contribution in [0.15, 0.2) is 70.7 Å². The number of benzene rings is 2. The van der Waals surface area contributed by atoms with Crippen LogP contribution in [0.1, 0.15) is 38.2 Å². The van der Waals surface area contributed by atoms with E-state index in [1.165, 1.54) is 5.57 Å². The molecule has 0 bridgehead atoms. The maximum atomic E-state index is 13.1. The fourth-order valence-corrected chi connectivity index (χ4v) is 4.09. The molecule has 2 amide bonds. The molecule has 4 rings (SSSR count). The predicted molar refractivity (Wildman–Crippen MR) is 119 cm³/mol. The summed E-state index contributed by atoms with van der Waals surface area (Å²) in [5.74, 6) is -0.356. The number of nitrogens with one attached hydrogen (secondary N) is 2. The molecule has 2 unspecified atom stereocenters. The Bertz CT molecular complexity index is 1140. The van der Waals surface area contributed by atoms with Crippen LogP contribution in [0.2, 0.25) is 0 Å². The summed E-state index contributed by atoms with van der Waals surface area (Å²) in [6, 6.07) is 16.5. The second-order valence-electron chi connectivity index (χ2n) is 8.68. The highest BCUT2D eigenvalue weighted by molar-refractivity contribution is 6.15. The highest BCUT2D eigenvalue weighted by Gasteiger charge is 2.60. The van der Waals surface area contributed by atoms with Crippen molar-refractivity contribution in [2.24, 2.45) is 17.3 Å². The Labute approximate surface area is 176 Å². The van der Waals surface area contributed by atoms with Crippen molar-refractivity contribution in [3.05, 3.63) is 72.0 Å². The number of fused-ring (bicyclic) bond motifs is 1. The van der Waals surface area contributed by atoms with E-state index in [2.05, 4.69) is 30.6 Å². The normalized spacial score (nSPS) is 19.2. The lowest BCUT2D eigenvalue weighted by molar-refractivity contribution is -0.118. The first-order valence-corrected chi connectivity index (χ1v) is 10.1. The molecule has 3 aromatic rings. The van der Waals surface area contributed by atoms with E-state index in [0.717, 1.165) is 0 Å². The van der Waals surface area contributed by atoms with Gasteiger partial charge in [0.05, 0.1) is 5.92 Å². The Morgan fingerprint density at radius 1 is 0.967 bits per heavy atom. The number of amides is 2. The molecule has 154 valence electrons. The van der Waals surface area contributed by atoms with Crippen LogP contribution < -0.4 is 10.6 Å². The number of para-hydroxylation sites is 2. The third-order valence-electron chi connectivity index (χ3n) is 5.79. The average molecular weight is 402 g/mol. The Hall–Kier alpha value is -3.34. The van der Waals surface area contributed by atoms with Gasteiger partial charge in [0, 0.05) is 11.1 Å². The van der Waals surface area contributed by atoms with E-state index in [4.69, 9.17) is 4.42 Å². The second-order valence-corrected chi connectivity index (χ2v) is 8.68. The fraction of sp³-hybridized carbons (Fsp3) is 0.280. The van der Waals surface area contributed by atoms with Crippen molar-refractivity contribution in [1.29, 1.82) is 0 Å². The Kier molecular flexibility index (Phi) is 4.98. The molecular weight excluding hydrogens is 376 g/mol. The summed E-state index contributed by atoms with van der Waals surface area (Å²) in [5, 5.41) is 6.54. The molecule has 5 nitrogen and oxygen atoms in total. The number of allylic oxidation sites excluding steroid dienone is 2. The quantitative estimate of drug-likeness (QED) is 0.525. The average Bonchev–Trinajstić information content (AvgIpc) is 3.05. The number of hydrogen-bond acceptors (Lipinski definition) is 3. The number of hydrogen-bond donors (Lipinski definition) is 2. The summed E-state index contributed by atoms with van der Waals surface area (Å²) in [6.45, 7) is 8.27. The number of rotatable bonds is 5. The lowest BCUT2D eigenvalue weighted by Gasteiger charge is -2.08. The Balaban J connectivity index is 1.65. The SMILES string of the molecule is CC(C)=CC1C(C(=O)Nc2c(C(=O)Nc3ccccc3)oc3ccccc23)C1(C)C. The van der Waals surface area contributed by atoms with E-state index < -0.39 is 5.91 Å². The molecular formula is C25H26N2O3. The van der Waals surface area contributed by atoms with Gasteiger partial charge in [0.25, 0.3) is 5.91 Å². The number of anilines is 2. The van der Waals surface area contributed by atoms with E-state index >= 15 is 0 Å². The van der Waals surface area contributed by atoms with Gasteiger partial charge in [-0.25, -0.2) is 0 Å². The lowest BCUT2D eigenvalue weighted by atomic mass is 10.1. The van der Waals surface area contributed by atoms with Crippen LogP contribution in [0.3, 0.4) is 0 Å². The summed E-state index contributed by atoms with van der Waals surface area (Å²) < 4.78 is 5.84. The van der Waals surface area contributed by atoms with Gasteiger partial charge in [-0.2, -0.15) is 0 Å². The molecule has 5 heteroatoms. The lowest BCUT2D eigenvalue weighted by Crippen LogP contribution is -2.20. The van der Waals surface area contributed by atoms with E-state index in [0.29, 0.717) is 22.3 Å². The minimum Gasteiger partial charge on any atom is -0.449 e.